The van der Waals surface area contributed by atoms with E-state index in [9.17, 15) is 4.79 Å². The lowest BCUT2D eigenvalue weighted by Gasteiger charge is -2.07. The summed E-state index contributed by atoms with van der Waals surface area (Å²) < 4.78 is 10.9. The molecule has 88 valence electrons. The van der Waals surface area contributed by atoms with E-state index in [4.69, 9.17) is 15.2 Å². The fraction of sp³-hybridized carbons (Fsp3) is 0.364. The molecular weight excluding hydrogens is 321 g/mol. The van der Waals surface area contributed by atoms with Gasteiger partial charge in [0, 0.05) is 29.4 Å². The molecule has 0 saturated heterocycles. The number of esters is 1. The number of anilines is 1. The number of halogens is 1. The molecule has 0 spiro atoms. The first-order valence-electron chi connectivity index (χ1n) is 4.86. The van der Waals surface area contributed by atoms with Gasteiger partial charge >= 0.3 is 5.97 Å². The Morgan fingerprint density at radius 2 is 2.19 bits per heavy atom. The number of nitrogen functional groups attached to an aromatic ring is 1. The number of nitrogens with two attached hydrogens (primary N) is 1. The maximum atomic E-state index is 11.6. The number of ether oxygens (including phenoxy) is 2. The Hall–Kier alpha value is -0.820. The standard InChI is InChI=1S/C11H14INO3/c1-15-5-2-6-16-11(14)9-7-8(12)3-4-10(9)13/h3-4,7H,2,5-6,13H2,1H3. The van der Waals surface area contributed by atoms with Crippen molar-refractivity contribution in [3.8, 4) is 0 Å². The van der Waals surface area contributed by atoms with E-state index < -0.39 is 0 Å². The van der Waals surface area contributed by atoms with Gasteiger partial charge in [0.2, 0.25) is 0 Å². The molecule has 1 aromatic rings. The number of rotatable bonds is 5. The van der Waals surface area contributed by atoms with Gasteiger partial charge in [0.1, 0.15) is 0 Å². The van der Waals surface area contributed by atoms with E-state index in [1.165, 1.54) is 0 Å². The molecule has 0 bridgehead atoms. The average Bonchev–Trinajstić information content (AvgIpc) is 2.27. The SMILES string of the molecule is COCCCOC(=O)c1cc(I)ccc1N. The zero-order valence-corrected chi connectivity index (χ0v) is 11.2. The lowest BCUT2D eigenvalue weighted by molar-refractivity contribution is 0.0469. The van der Waals surface area contributed by atoms with Gasteiger partial charge in [-0.15, -0.1) is 0 Å². The van der Waals surface area contributed by atoms with Crippen LogP contribution in [0.1, 0.15) is 16.8 Å². The maximum absolute atomic E-state index is 11.6. The molecule has 5 heteroatoms. The minimum atomic E-state index is -0.382. The van der Waals surface area contributed by atoms with Gasteiger partial charge in [-0.25, -0.2) is 4.79 Å². The Morgan fingerprint density at radius 3 is 2.88 bits per heavy atom. The van der Waals surface area contributed by atoms with Crippen LogP contribution in [0.25, 0.3) is 0 Å². The smallest absolute Gasteiger partial charge is 0.340 e. The van der Waals surface area contributed by atoms with E-state index in [0.29, 0.717) is 30.9 Å². The van der Waals surface area contributed by atoms with E-state index in [0.717, 1.165) is 3.57 Å². The molecule has 0 atom stereocenters. The first-order chi connectivity index (χ1) is 7.65. The predicted octanol–water partition coefficient (Wildman–Crippen LogP) is 2.07. The zero-order valence-electron chi connectivity index (χ0n) is 9.03. The van der Waals surface area contributed by atoms with Gasteiger partial charge in [-0.1, -0.05) is 0 Å². The van der Waals surface area contributed by atoms with E-state index in [2.05, 4.69) is 22.6 Å². The Morgan fingerprint density at radius 1 is 1.44 bits per heavy atom. The normalized spacial score (nSPS) is 10.1. The summed E-state index contributed by atoms with van der Waals surface area (Å²) in [5, 5.41) is 0. The number of carbonyl (C=O) groups is 1. The van der Waals surface area contributed by atoms with Crippen molar-refractivity contribution < 1.29 is 14.3 Å². The Bertz CT molecular complexity index is 368. The van der Waals surface area contributed by atoms with E-state index in [-0.39, 0.29) is 5.97 Å². The second-order valence-electron chi connectivity index (χ2n) is 3.21. The highest BCUT2D eigenvalue weighted by molar-refractivity contribution is 14.1. The summed E-state index contributed by atoms with van der Waals surface area (Å²) in [5.74, 6) is -0.382. The van der Waals surface area contributed by atoms with Crippen LogP contribution < -0.4 is 5.73 Å². The number of carbonyl (C=O) groups excluding carboxylic acids is 1. The highest BCUT2D eigenvalue weighted by Gasteiger charge is 2.11. The van der Waals surface area contributed by atoms with Crippen LogP contribution in [0, 0.1) is 3.57 Å². The molecule has 0 aromatic heterocycles. The molecular formula is C11H14INO3. The molecule has 0 fully saturated rings. The number of hydrogen-bond acceptors (Lipinski definition) is 4. The van der Waals surface area contributed by atoms with Crippen molar-refractivity contribution in [1.29, 1.82) is 0 Å². The van der Waals surface area contributed by atoms with Gasteiger partial charge in [0.05, 0.1) is 12.2 Å². The Kier molecular flexibility index (Phi) is 5.54. The summed E-state index contributed by atoms with van der Waals surface area (Å²) in [4.78, 5) is 11.6. The number of benzene rings is 1. The monoisotopic (exact) mass is 335 g/mol. The first-order valence-corrected chi connectivity index (χ1v) is 5.94. The lowest BCUT2D eigenvalue weighted by Crippen LogP contribution is -2.10. The topological polar surface area (TPSA) is 61.5 Å². The van der Waals surface area contributed by atoms with Crippen LogP contribution in [0.5, 0.6) is 0 Å². The lowest BCUT2D eigenvalue weighted by atomic mass is 10.2. The van der Waals surface area contributed by atoms with Gasteiger partial charge in [-0.05, 0) is 40.8 Å². The van der Waals surface area contributed by atoms with Crippen LogP contribution in [0.4, 0.5) is 5.69 Å². The minimum absolute atomic E-state index is 0.345. The molecule has 0 aliphatic carbocycles. The highest BCUT2D eigenvalue weighted by atomic mass is 127. The highest BCUT2D eigenvalue weighted by Crippen LogP contribution is 2.16. The van der Waals surface area contributed by atoms with Crippen molar-refractivity contribution in [3.63, 3.8) is 0 Å². The van der Waals surface area contributed by atoms with Crippen molar-refractivity contribution in [1.82, 2.24) is 0 Å². The van der Waals surface area contributed by atoms with Crippen LogP contribution in [0.3, 0.4) is 0 Å². The number of hydrogen-bond donors (Lipinski definition) is 1. The third-order valence-electron chi connectivity index (χ3n) is 1.96. The third-order valence-corrected chi connectivity index (χ3v) is 2.63. The second-order valence-corrected chi connectivity index (χ2v) is 4.46. The quantitative estimate of drug-likeness (QED) is 0.387. The molecule has 0 saturated carbocycles. The van der Waals surface area contributed by atoms with Gasteiger partial charge < -0.3 is 15.2 Å². The predicted molar refractivity (Wildman–Crippen MR) is 70.3 cm³/mol. The van der Waals surface area contributed by atoms with Crippen molar-refractivity contribution in [2.75, 3.05) is 26.1 Å². The maximum Gasteiger partial charge on any atom is 0.340 e. The van der Waals surface area contributed by atoms with E-state index >= 15 is 0 Å². The molecule has 2 N–H and O–H groups in total. The summed E-state index contributed by atoms with van der Waals surface area (Å²) in [6.45, 7) is 0.923. The van der Waals surface area contributed by atoms with Gasteiger partial charge in [-0.2, -0.15) is 0 Å². The molecule has 16 heavy (non-hydrogen) atoms. The van der Waals surface area contributed by atoms with Crippen LogP contribution in [0.2, 0.25) is 0 Å². The molecule has 4 nitrogen and oxygen atoms in total. The summed E-state index contributed by atoms with van der Waals surface area (Å²) in [6.07, 6.45) is 0.687. The van der Waals surface area contributed by atoms with E-state index in [1.807, 2.05) is 6.07 Å². The van der Waals surface area contributed by atoms with Gasteiger partial charge in [0.25, 0.3) is 0 Å². The third kappa shape index (κ3) is 3.97. The van der Waals surface area contributed by atoms with Crippen LogP contribution >= 0.6 is 22.6 Å². The summed E-state index contributed by atoms with van der Waals surface area (Å²) in [5.41, 5.74) is 6.55. The molecule has 0 aliphatic rings. The van der Waals surface area contributed by atoms with E-state index in [1.54, 1.807) is 19.2 Å². The van der Waals surface area contributed by atoms with Crippen LogP contribution in [-0.2, 0) is 9.47 Å². The van der Waals surface area contributed by atoms with Crippen LogP contribution in [0.15, 0.2) is 18.2 Å². The summed E-state index contributed by atoms with van der Waals surface area (Å²) >= 11 is 2.12. The average molecular weight is 335 g/mol. The first kappa shape index (κ1) is 13.2. The minimum Gasteiger partial charge on any atom is -0.462 e. The van der Waals surface area contributed by atoms with Crippen molar-refractivity contribution in [2.45, 2.75) is 6.42 Å². The van der Waals surface area contributed by atoms with Crippen molar-refractivity contribution >= 4 is 34.2 Å². The summed E-state index contributed by atoms with van der Waals surface area (Å²) in [6, 6.07) is 5.26. The Labute approximate surface area is 108 Å². The molecule has 0 unspecified atom stereocenters. The molecule has 0 radical (unpaired) electrons. The molecule has 0 heterocycles. The zero-order chi connectivity index (χ0) is 12.0. The Balaban J connectivity index is 2.55. The fourth-order valence-corrected chi connectivity index (χ4v) is 1.64. The molecule has 0 amide bonds. The van der Waals surface area contributed by atoms with Gasteiger partial charge in [0.15, 0.2) is 0 Å². The summed E-state index contributed by atoms with van der Waals surface area (Å²) in [7, 11) is 1.61. The fourth-order valence-electron chi connectivity index (χ4n) is 1.15. The molecule has 0 aliphatic heterocycles. The van der Waals surface area contributed by atoms with Crippen molar-refractivity contribution in [2.24, 2.45) is 0 Å². The van der Waals surface area contributed by atoms with Crippen LogP contribution in [-0.4, -0.2) is 26.3 Å². The molecule has 1 rings (SSSR count). The second kappa shape index (κ2) is 6.70. The molecule has 1 aromatic carbocycles. The number of methoxy groups -OCH3 is 1. The van der Waals surface area contributed by atoms with Crippen molar-refractivity contribution in [3.05, 3.63) is 27.3 Å². The largest absolute Gasteiger partial charge is 0.462 e. The van der Waals surface area contributed by atoms with Gasteiger partial charge in [-0.3, -0.25) is 0 Å².